The van der Waals surface area contributed by atoms with E-state index in [-0.39, 0.29) is 6.61 Å². The van der Waals surface area contributed by atoms with Crippen molar-refractivity contribution in [3.05, 3.63) is 108 Å². The second-order valence-corrected chi connectivity index (χ2v) is 5.78. The van der Waals surface area contributed by atoms with Crippen molar-refractivity contribution in [3.8, 4) is 0 Å². The molecular weight excluding hydrogens is 372 g/mol. The van der Waals surface area contributed by atoms with Crippen molar-refractivity contribution in [2.45, 2.75) is 12.5 Å². The molecule has 0 amide bonds. The van der Waals surface area contributed by atoms with Gasteiger partial charge in [-0.3, -0.25) is 0 Å². The molecule has 152 valence electrons. The number of aliphatic hydroxyl groups excluding tert-OH is 2. The van der Waals surface area contributed by atoms with Crippen LogP contribution in [0, 0.1) is 0 Å². The number of hydrogen-bond donors (Lipinski definition) is 4. The average molecular weight is 396 g/mol. The number of carbonyl (C=O) groups is 2. The number of aromatic carboxylic acids is 2. The molecule has 6 heteroatoms. The second-order valence-electron chi connectivity index (χ2n) is 5.78. The lowest BCUT2D eigenvalue weighted by Gasteiger charge is -2.07. The van der Waals surface area contributed by atoms with Gasteiger partial charge in [0, 0.05) is 13.0 Å². The minimum Gasteiger partial charge on any atom is -0.478 e. The number of carboxylic acids is 2. The molecule has 1 atom stereocenters. The molecule has 0 radical (unpaired) electrons. The Morgan fingerprint density at radius 2 is 1.00 bits per heavy atom. The molecule has 6 nitrogen and oxygen atoms in total. The third-order valence-electron chi connectivity index (χ3n) is 3.63. The molecule has 0 aliphatic rings. The molecule has 3 rings (SSSR count). The van der Waals surface area contributed by atoms with Gasteiger partial charge >= 0.3 is 11.9 Å². The van der Waals surface area contributed by atoms with Crippen LogP contribution in [0.4, 0.5) is 0 Å². The van der Waals surface area contributed by atoms with Crippen LogP contribution in [0.1, 0.15) is 38.8 Å². The summed E-state index contributed by atoms with van der Waals surface area (Å²) in [6.07, 6.45) is -0.120. The van der Waals surface area contributed by atoms with E-state index >= 15 is 0 Å². The van der Waals surface area contributed by atoms with Crippen molar-refractivity contribution >= 4 is 11.9 Å². The van der Waals surface area contributed by atoms with Crippen LogP contribution in [0.25, 0.3) is 0 Å². The van der Waals surface area contributed by atoms with E-state index in [2.05, 4.69) is 0 Å². The first kappa shape index (κ1) is 23.6. The molecule has 0 saturated heterocycles. The van der Waals surface area contributed by atoms with Crippen LogP contribution in [0.3, 0.4) is 0 Å². The number of benzene rings is 3. The molecular formula is C23H24O6. The summed E-state index contributed by atoms with van der Waals surface area (Å²) in [7, 11) is 0. The van der Waals surface area contributed by atoms with E-state index in [1.807, 2.05) is 30.3 Å². The highest BCUT2D eigenvalue weighted by molar-refractivity contribution is 5.87. The maximum atomic E-state index is 10.2. The second kappa shape index (κ2) is 13.7. The minimum absolute atomic E-state index is 0.0239. The van der Waals surface area contributed by atoms with Crippen molar-refractivity contribution in [3.63, 3.8) is 0 Å². The van der Waals surface area contributed by atoms with Gasteiger partial charge in [-0.1, -0.05) is 66.7 Å². The Labute approximate surface area is 169 Å². The largest absolute Gasteiger partial charge is 0.478 e. The van der Waals surface area contributed by atoms with Gasteiger partial charge in [0.2, 0.25) is 0 Å². The van der Waals surface area contributed by atoms with Crippen molar-refractivity contribution in [1.29, 1.82) is 0 Å². The predicted molar refractivity (Wildman–Crippen MR) is 110 cm³/mol. The molecule has 3 aromatic rings. The summed E-state index contributed by atoms with van der Waals surface area (Å²) in [5.41, 5.74) is 1.52. The minimum atomic E-state index is -0.879. The number of aliphatic hydroxyl groups is 2. The quantitative estimate of drug-likeness (QED) is 0.520. The Morgan fingerprint density at radius 1 is 0.655 bits per heavy atom. The van der Waals surface area contributed by atoms with Crippen molar-refractivity contribution < 1.29 is 30.0 Å². The summed E-state index contributed by atoms with van der Waals surface area (Å²) in [4.78, 5) is 20.4. The summed E-state index contributed by atoms with van der Waals surface area (Å²) in [6.45, 7) is 0.0239. The first-order valence-electron chi connectivity index (χ1n) is 8.86. The van der Waals surface area contributed by atoms with Crippen LogP contribution in [0.2, 0.25) is 0 Å². The maximum Gasteiger partial charge on any atom is 0.335 e. The Bertz CT molecular complexity index is 786. The first-order chi connectivity index (χ1) is 14.0. The van der Waals surface area contributed by atoms with E-state index in [1.54, 1.807) is 60.7 Å². The lowest BCUT2D eigenvalue weighted by molar-refractivity contribution is 0.0686. The Hall–Kier alpha value is -3.48. The third-order valence-corrected chi connectivity index (χ3v) is 3.63. The molecule has 0 spiro atoms. The SMILES string of the molecule is O=C(O)c1ccccc1.O=C(O)c1ccccc1.OCC[C@H](O)c1ccccc1. The van der Waals surface area contributed by atoms with Crippen LogP contribution >= 0.6 is 0 Å². The average Bonchev–Trinajstić information content (AvgIpc) is 2.76. The van der Waals surface area contributed by atoms with Crippen molar-refractivity contribution in [2.75, 3.05) is 6.61 Å². The Balaban J connectivity index is 0.000000219. The zero-order valence-electron chi connectivity index (χ0n) is 15.8. The van der Waals surface area contributed by atoms with Gasteiger partial charge in [0.05, 0.1) is 17.2 Å². The third kappa shape index (κ3) is 9.86. The van der Waals surface area contributed by atoms with Crippen LogP contribution in [0.5, 0.6) is 0 Å². The van der Waals surface area contributed by atoms with E-state index in [0.29, 0.717) is 17.5 Å². The van der Waals surface area contributed by atoms with Gasteiger partial charge in [-0.15, -0.1) is 0 Å². The van der Waals surface area contributed by atoms with E-state index in [9.17, 15) is 14.7 Å². The first-order valence-corrected chi connectivity index (χ1v) is 8.86. The number of rotatable bonds is 5. The van der Waals surface area contributed by atoms with Gasteiger partial charge in [0.25, 0.3) is 0 Å². The van der Waals surface area contributed by atoms with Gasteiger partial charge in [0.1, 0.15) is 0 Å². The highest BCUT2D eigenvalue weighted by Crippen LogP contribution is 2.14. The molecule has 29 heavy (non-hydrogen) atoms. The van der Waals surface area contributed by atoms with Crippen LogP contribution in [-0.4, -0.2) is 39.0 Å². The molecule has 0 heterocycles. The molecule has 0 bridgehead atoms. The summed E-state index contributed by atoms with van der Waals surface area (Å²) < 4.78 is 0. The van der Waals surface area contributed by atoms with Gasteiger partial charge in [0.15, 0.2) is 0 Å². The summed E-state index contributed by atoms with van der Waals surface area (Å²) in [5, 5.41) is 34.7. The normalized spacial score (nSPS) is 10.4. The molecule has 0 unspecified atom stereocenters. The smallest absolute Gasteiger partial charge is 0.335 e. The fourth-order valence-corrected chi connectivity index (χ4v) is 2.13. The Morgan fingerprint density at radius 3 is 1.28 bits per heavy atom. The van der Waals surface area contributed by atoms with Crippen molar-refractivity contribution in [2.24, 2.45) is 0 Å². The topological polar surface area (TPSA) is 115 Å². The number of carboxylic acid groups (broad SMARTS) is 2. The summed E-state index contributed by atoms with van der Waals surface area (Å²) in [6, 6.07) is 25.9. The molecule has 0 fully saturated rings. The van der Waals surface area contributed by atoms with Gasteiger partial charge < -0.3 is 20.4 Å². The van der Waals surface area contributed by atoms with E-state index in [0.717, 1.165) is 5.56 Å². The highest BCUT2D eigenvalue weighted by Gasteiger charge is 2.04. The molecule has 4 N–H and O–H groups in total. The van der Waals surface area contributed by atoms with Gasteiger partial charge in [-0.05, 0) is 29.8 Å². The molecule has 0 aliphatic carbocycles. The predicted octanol–water partition coefficient (Wildman–Crippen LogP) is 3.87. The zero-order valence-corrected chi connectivity index (χ0v) is 15.8. The zero-order chi connectivity index (χ0) is 21.5. The maximum absolute atomic E-state index is 10.2. The fraction of sp³-hybridized carbons (Fsp3) is 0.130. The fourth-order valence-electron chi connectivity index (χ4n) is 2.13. The molecule has 0 aliphatic heterocycles. The van der Waals surface area contributed by atoms with Crippen LogP contribution in [-0.2, 0) is 0 Å². The van der Waals surface area contributed by atoms with Gasteiger partial charge in [-0.2, -0.15) is 0 Å². The van der Waals surface area contributed by atoms with E-state index < -0.39 is 18.0 Å². The van der Waals surface area contributed by atoms with Crippen molar-refractivity contribution in [1.82, 2.24) is 0 Å². The summed E-state index contributed by atoms with van der Waals surface area (Å²) >= 11 is 0. The number of hydrogen-bond acceptors (Lipinski definition) is 4. The van der Waals surface area contributed by atoms with Gasteiger partial charge in [-0.25, -0.2) is 9.59 Å². The van der Waals surface area contributed by atoms with E-state index in [1.165, 1.54) is 0 Å². The summed E-state index contributed by atoms with van der Waals surface area (Å²) in [5.74, 6) is -1.76. The lowest BCUT2D eigenvalue weighted by atomic mass is 10.1. The molecule has 0 saturated carbocycles. The molecule has 0 aromatic heterocycles. The lowest BCUT2D eigenvalue weighted by Crippen LogP contribution is -1.99. The van der Waals surface area contributed by atoms with E-state index in [4.69, 9.17) is 15.3 Å². The highest BCUT2D eigenvalue weighted by atomic mass is 16.4. The standard InChI is InChI=1S/C9H12O2.2C7H6O2/c10-7-6-9(11)8-4-2-1-3-5-8;2*8-7(9)6-4-2-1-3-5-6/h1-5,9-11H,6-7H2;2*1-5H,(H,8,9)/t9-;;/m0../s1. The monoisotopic (exact) mass is 396 g/mol. The Kier molecular flexibility index (Phi) is 11.1. The molecule has 3 aromatic carbocycles. The van der Waals surface area contributed by atoms with Crippen LogP contribution < -0.4 is 0 Å². The van der Waals surface area contributed by atoms with Crippen LogP contribution in [0.15, 0.2) is 91.0 Å².